The molecule has 0 fully saturated rings. The maximum atomic E-state index is 11.4. The van der Waals surface area contributed by atoms with Gasteiger partial charge in [0.05, 0.1) is 4.83 Å². The molecule has 0 spiro atoms. The normalized spacial score (nSPS) is 12.3. The molecule has 1 aromatic carbocycles. The standard InChI is InChI=1S/C11H14BrNO/c1-7-5-4-6-10(8(7)2)13-11(14)9(3)12/h4-6,9H,1-3H3,(H,13,14)/t9-/m1/s1. The Kier molecular flexibility index (Phi) is 3.69. The van der Waals surface area contributed by atoms with Gasteiger partial charge in [0.2, 0.25) is 5.91 Å². The molecule has 1 rings (SSSR count). The van der Waals surface area contributed by atoms with Gasteiger partial charge >= 0.3 is 0 Å². The highest BCUT2D eigenvalue weighted by atomic mass is 79.9. The summed E-state index contributed by atoms with van der Waals surface area (Å²) in [6, 6.07) is 5.88. The van der Waals surface area contributed by atoms with Gasteiger partial charge in [0, 0.05) is 5.69 Å². The minimum atomic E-state index is -0.164. The molecule has 0 bridgehead atoms. The summed E-state index contributed by atoms with van der Waals surface area (Å²) >= 11 is 3.23. The van der Waals surface area contributed by atoms with Crippen LogP contribution in [0.5, 0.6) is 0 Å². The number of benzene rings is 1. The smallest absolute Gasteiger partial charge is 0.237 e. The molecule has 1 N–H and O–H groups in total. The summed E-state index contributed by atoms with van der Waals surface area (Å²) in [6.45, 7) is 5.84. The highest BCUT2D eigenvalue weighted by Gasteiger charge is 2.10. The third-order valence-corrected chi connectivity index (χ3v) is 2.64. The van der Waals surface area contributed by atoms with E-state index in [0.717, 1.165) is 11.3 Å². The molecule has 0 aliphatic heterocycles. The third-order valence-electron chi connectivity index (χ3n) is 2.22. The fourth-order valence-electron chi connectivity index (χ4n) is 1.12. The molecule has 1 atom stereocenters. The van der Waals surface area contributed by atoms with Gasteiger partial charge < -0.3 is 5.32 Å². The van der Waals surface area contributed by atoms with Crippen molar-refractivity contribution in [3.8, 4) is 0 Å². The summed E-state index contributed by atoms with van der Waals surface area (Å²) in [5, 5.41) is 2.86. The molecule has 0 heterocycles. The van der Waals surface area contributed by atoms with Crippen molar-refractivity contribution in [1.82, 2.24) is 0 Å². The zero-order valence-corrected chi connectivity index (χ0v) is 10.2. The second-order valence-electron chi connectivity index (χ2n) is 3.35. The average molecular weight is 256 g/mol. The van der Waals surface area contributed by atoms with Crippen molar-refractivity contribution in [3.05, 3.63) is 29.3 Å². The lowest BCUT2D eigenvalue weighted by Gasteiger charge is -2.11. The van der Waals surface area contributed by atoms with Crippen molar-refractivity contribution in [1.29, 1.82) is 0 Å². The zero-order chi connectivity index (χ0) is 10.7. The average Bonchev–Trinajstić information content (AvgIpc) is 2.12. The lowest BCUT2D eigenvalue weighted by atomic mass is 10.1. The Labute approximate surface area is 92.8 Å². The number of hydrogen-bond donors (Lipinski definition) is 1. The van der Waals surface area contributed by atoms with E-state index in [0.29, 0.717) is 0 Å². The summed E-state index contributed by atoms with van der Waals surface area (Å²) in [7, 11) is 0. The summed E-state index contributed by atoms with van der Waals surface area (Å²) in [5.41, 5.74) is 3.19. The Morgan fingerprint density at radius 3 is 2.64 bits per heavy atom. The molecule has 0 saturated carbocycles. The number of nitrogens with one attached hydrogen (secondary N) is 1. The molecule has 0 unspecified atom stereocenters. The molecule has 76 valence electrons. The second-order valence-corrected chi connectivity index (χ2v) is 4.73. The van der Waals surface area contributed by atoms with Crippen LogP contribution in [-0.4, -0.2) is 10.7 Å². The molecule has 1 aromatic rings. The first-order chi connectivity index (χ1) is 6.52. The molecule has 3 heteroatoms. The second kappa shape index (κ2) is 4.60. The number of rotatable bonds is 2. The first-order valence-electron chi connectivity index (χ1n) is 4.53. The van der Waals surface area contributed by atoms with Gasteiger partial charge in [0.15, 0.2) is 0 Å². The topological polar surface area (TPSA) is 29.1 Å². The van der Waals surface area contributed by atoms with Crippen LogP contribution in [0.15, 0.2) is 18.2 Å². The molecule has 2 nitrogen and oxygen atoms in total. The highest BCUT2D eigenvalue weighted by Crippen LogP contribution is 2.18. The van der Waals surface area contributed by atoms with Gasteiger partial charge in [-0.1, -0.05) is 28.1 Å². The lowest BCUT2D eigenvalue weighted by molar-refractivity contribution is -0.115. The molecule has 0 aromatic heterocycles. The van der Waals surface area contributed by atoms with Gasteiger partial charge in [-0.15, -0.1) is 0 Å². The molecule has 0 aliphatic carbocycles. The Bertz CT molecular complexity index is 347. The van der Waals surface area contributed by atoms with Gasteiger partial charge in [0.1, 0.15) is 0 Å². The number of alkyl halides is 1. The Morgan fingerprint density at radius 1 is 1.43 bits per heavy atom. The van der Waals surface area contributed by atoms with Crippen LogP contribution < -0.4 is 5.32 Å². The summed E-state index contributed by atoms with van der Waals surface area (Å²) in [5.74, 6) is -0.0151. The fourth-order valence-corrected chi connectivity index (χ4v) is 1.23. The molecule has 0 aliphatic rings. The molecule has 1 amide bonds. The SMILES string of the molecule is Cc1cccc(NC(=O)[C@@H](C)Br)c1C. The van der Waals surface area contributed by atoms with Crippen molar-refractivity contribution in [2.24, 2.45) is 0 Å². The number of amides is 1. The van der Waals surface area contributed by atoms with Crippen LogP contribution in [0.3, 0.4) is 0 Å². The molecule has 0 saturated heterocycles. The number of halogens is 1. The zero-order valence-electron chi connectivity index (χ0n) is 8.60. The number of carbonyl (C=O) groups is 1. The van der Waals surface area contributed by atoms with Gasteiger partial charge in [-0.05, 0) is 38.0 Å². The van der Waals surface area contributed by atoms with Crippen LogP contribution in [0.4, 0.5) is 5.69 Å². The van der Waals surface area contributed by atoms with E-state index in [1.165, 1.54) is 5.56 Å². The van der Waals surface area contributed by atoms with E-state index in [1.54, 1.807) is 6.92 Å². The lowest BCUT2D eigenvalue weighted by Crippen LogP contribution is -2.20. The van der Waals surface area contributed by atoms with E-state index in [-0.39, 0.29) is 10.7 Å². The first-order valence-corrected chi connectivity index (χ1v) is 5.45. The largest absolute Gasteiger partial charge is 0.325 e. The maximum Gasteiger partial charge on any atom is 0.237 e. The molecule has 0 radical (unpaired) electrons. The fraction of sp³-hybridized carbons (Fsp3) is 0.364. The molecular weight excluding hydrogens is 242 g/mol. The van der Waals surface area contributed by atoms with E-state index in [1.807, 2.05) is 32.0 Å². The van der Waals surface area contributed by atoms with E-state index in [4.69, 9.17) is 0 Å². The van der Waals surface area contributed by atoms with Crippen molar-refractivity contribution < 1.29 is 4.79 Å². The van der Waals surface area contributed by atoms with Gasteiger partial charge in [-0.2, -0.15) is 0 Å². The molecule has 14 heavy (non-hydrogen) atoms. The first kappa shape index (κ1) is 11.2. The van der Waals surface area contributed by atoms with Crippen LogP contribution in [0.25, 0.3) is 0 Å². The van der Waals surface area contributed by atoms with Crippen LogP contribution >= 0.6 is 15.9 Å². The van der Waals surface area contributed by atoms with Gasteiger partial charge in [0.25, 0.3) is 0 Å². The number of carbonyl (C=O) groups excluding carboxylic acids is 1. The quantitative estimate of drug-likeness (QED) is 0.809. The van der Waals surface area contributed by atoms with Gasteiger partial charge in [-0.3, -0.25) is 4.79 Å². The van der Waals surface area contributed by atoms with E-state index in [2.05, 4.69) is 21.2 Å². The predicted molar refractivity (Wildman–Crippen MR) is 62.9 cm³/mol. The summed E-state index contributed by atoms with van der Waals surface area (Å²) < 4.78 is 0. The summed E-state index contributed by atoms with van der Waals surface area (Å²) in [4.78, 5) is 11.3. The Hall–Kier alpha value is -0.830. The van der Waals surface area contributed by atoms with Crippen LogP contribution in [0, 0.1) is 13.8 Å². The monoisotopic (exact) mass is 255 g/mol. The van der Waals surface area contributed by atoms with Crippen LogP contribution in [0.1, 0.15) is 18.1 Å². The van der Waals surface area contributed by atoms with Crippen molar-refractivity contribution >= 4 is 27.5 Å². The third kappa shape index (κ3) is 2.58. The van der Waals surface area contributed by atoms with E-state index in [9.17, 15) is 4.79 Å². The number of hydrogen-bond acceptors (Lipinski definition) is 1. The Balaban J connectivity index is 2.87. The van der Waals surface area contributed by atoms with Crippen molar-refractivity contribution in [2.45, 2.75) is 25.6 Å². The molecular formula is C11H14BrNO. The van der Waals surface area contributed by atoms with Crippen molar-refractivity contribution in [3.63, 3.8) is 0 Å². The maximum absolute atomic E-state index is 11.4. The Morgan fingerprint density at radius 2 is 2.07 bits per heavy atom. The number of anilines is 1. The highest BCUT2D eigenvalue weighted by molar-refractivity contribution is 9.10. The minimum Gasteiger partial charge on any atom is -0.325 e. The van der Waals surface area contributed by atoms with E-state index >= 15 is 0 Å². The van der Waals surface area contributed by atoms with Crippen LogP contribution in [-0.2, 0) is 4.79 Å². The van der Waals surface area contributed by atoms with Crippen molar-refractivity contribution in [2.75, 3.05) is 5.32 Å². The minimum absolute atomic E-state index is 0.0151. The predicted octanol–water partition coefficient (Wildman–Crippen LogP) is 3.03. The van der Waals surface area contributed by atoms with Crippen LogP contribution in [0.2, 0.25) is 0 Å². The number of aryl methyl sites for hydroxylation is 1. The van der Waals surface area contributed by atoms with E-state index < -0.39 is 0 Å². The summed E-state index contributed by atoms with van der Waals surface area (Å²) in [6.07, 6.45) is 0. The van der Waals surface area contributed by atoms with Gasteiger partial charge in [-0.25, -0.2) is 0 Å².